The van der Waals surface area contributed by atoms with Crippen LogP contribution in [0.15, 0.2) is 42.5 Å². The lowest BCUT2D eigenvalue weighted by Gasteiger charge is -2.14. The third kappa shape index (κ3) is 4.03. The van der Waals surface area contributed by atoms with Crippen LogP contribution in [0.5, 0.6) is 11.5 Å². The van der Waals surface area contributed by atoms with Crippen molar-refractivity contribution in [1.82, 2.24) is 5.32 Å². The number of hydrogen-bond acceptors (Lipinski definition) is 5. The van der Waals surface area contributed by atoms with Crippen molar-refractivity contribution in [1.29, 1.82) is 0 Å². The van der Waals surface area contributed by atoms with Gasteiger partial charge in [-0.05, 0) is 36.8 Å². The number of carbonyl (C=O) groups excluding carboxylic acids is 2. The van der Waals surface area contributed by atoms with Gasteiger partial charge in [-0.25, -0.2) is 4.79 Å². The first-order valence-electron chi connectivity index (χ1n) is 7.65. The number of amides is 1. The molecule has 1 amide bonds. The summed E-state index contributed by atoms with van der Waals surface area (Å²) in [4.78, 5) is 24.2. The van der Waals surface area contributed by atoms with E-state index in [-0.39, 0.29) is 13.4 Å². The Bertz CT molecular complexity index is 808. The van der Waals surface area contributed by atoms with Gasteiger partial charge < -0.3 is 19.5 Å². The fraction of sp³-hybridized carbons (Fsp3) is 0.222. The van der Waals surface area contributed by atoms with Gasteiger partial charge in [0, 0.05) is 0 Å². The van der Waals surface area contributed by atoms with Crippen LogP contribution in [0.1, 0.15) is 22.8 Å². The minimum Gasteiger partial charge on any atom is -0.459 e. The summed E-state index contributed by atoms with van der Waals surface area (Å²) in [6, 6.07) is 11.1. The van der Waals surface area contributed by atoms with E-state index in [1.165, 1.54) is 0 Å². The summed E-state index contributed by atoms with van der Waals surface area (Å²) >= 11 is 5.97. The van der Waals surface area contributed by atoms with Crippen molar-refractivity contribution in [2.75, 3.05) is 6.79 Å². The Kier molecular flexibility index (Phi) is 5.09. The van der Waals surface area contributed by atoms with Gasteiger partial charge in [0.2, 0.25) is 6.79 Å². The highest BCUT2D eigenvalue weighted by atomic mass is 35.5. The Morgan fingerprint density at radius 2 is 1.96 bits per heavy atom. The molecule has 1 aliphatic rings. The largest absolute Gasteiger partial charge is 0.459 e. The second-order valence-electron chi connectivity index (χ2n) is 5.47. The highest BCUT2D eigenvalue weighted by Gasteiger charge is 2.20. The van der Waals surface area contributed by atoms with Crippen LogP contribution in [-0.2, 0) is 16.1 Å². The molecule has 0 aliphatic carbocycles. The zero-order valence-corrected chi connectivity index (χ0v) is 14.2. The van der Waals surface area contributed by atoms with Gasteiger partial charge >= 0.3 is 5.97 Å². The van der Waals surface area contributed by atoms with Crippen molar-refractivity contribution in [3.63, 3.8) is 0 Å². The number of fused-ring (bicyclic) bond motifs is 1. The highest BCUT2D eigenvalue weighted by Crippen LogP contribution is 2.32. The van der Waals surface area contributed by atoms with Crippen molar-refractivity contribution in [2.45, 2.75) is 19.6 Å². The molecule has 130 valence electrons. The van der Waals surface area contributed by atoms with Gasteiger partial charge in [0.1, 0.15) is 12.6 Å². The summed E-state index contributed by atoms with van der Waals surface area (Å²) in [5, 5.41) is 2.89. The number of halogens is 1. The molecule has 0 aromatic heterocycles. The molecule has 1 heterocycles. The standard InChI is InChI=1S/C18H16ClNO5/c1-11(20-17(21)13-4-2-3-5-14(13)19)18(22)23-9-12-6-7-15-16(8-12)25-10-24-15/h2-8,11H,9-10H2,1H3,(H,20,21)/t11-/m0/s1. The Balaban J connectivity index is 1.54. The molecule has 0 fully saturated rings. The van der Waals surface area contributed by atoms with Crippen molar-refractivity contribution in [2.24, 2.45) is 0 Å². The molecule has 0 saturated carbocycles. The Morgan fingerprint density at radius 1 is 1.20 bits per heavy atom. The molecule has 6 nitrogen and oxygen atoms in total. The maximum absolute atomic E-state index is 12.1. The number of esters is 1. The van der Waals surface area contributed by atoms with Crippen LogP contribution >= 0.6 is 11.6 Å². The van der Waals surface area contributed by atoms with E-state index in [1.54, 1.807) is 49.4 Å². The van der Waals surface area contributed by atoms with Gasteiger partial charge in [0.25, 0.3) is 5.91 Å². The van der Waals surface area contributed by atoms with Gasteiger partial charge in [0.15, 0.2) is 11.5 Å². The van der Waals surface area contributed by atoms with E-state index in [4.69, 9.17) is 25.8 Å². The molecule has 0 spiro atoms. The van der Waals surface area contributed by atoms with Crippen LogP contribution in [0.2, 0.25) is 5.02 Å². The Labute approximate surface area is 149 Å². The molecule has 0 saturated heterocycles. The van der Waals surface area contributed by atoms with E-state index in [2.05, 4.69) is 5.32 Å². The third-order valence-electron chi connectivity index (χ3n) is 3.64. The van der Waals surface area contributed by atoms with E-state index in [0.717, 1.165) is 5.56 Å². The molecule has 2 aromatic rings. The van der Waals surface area contributed by atoms with Gasteiger partial charge in [-0.1, -0.05) is 29.8 Å². The van der Waals surface area contributed by atoms with Gasteiger partial charge in [-0.15, -0.1) is 0 Å². The van der Waals surface area contributed by atoms with Crippen LogP contribution in [-0.4, -0.2) is 24.7 Å². The van der Waals surface area contributed by atoms with Gasteiger partial charge in [-0.3, -0.25) is 4.79 Å². The van der Waals surface area contributed by atoms with E-state index in [9.17, 15) is 9.59 Å². The smallest absolute Gasteiger partial charge is 0.328 e. The summed E-state index contributed by atoms with van der Waals surface area (Å²) < 4.78 is 15.7. The van der Waals surface area contributed by atoms with E-state index in [1.807, 2.05) is 0 Å². The molecule has 2 aromatic carbocycles. The van der Waals surface area contributed by atoms with Crippen molar-refractivity contribution < 1.29 is 23.8 Å². The number of hydrogen-bond donors (Lipinski definition) is 1. The summed E-state index contributed by atoms with van der Waals surface area (Å²) in [5.74, 6) is 0.306. The van der Waals surface area contributed by atoms with Crippen LogP contribution in [0.4, 0.5) is 0 Å². The predicted octanol–water partition coefficient (Wildman–Crippen LogP) is 2.93. The first-order chi connectivity index (χ1) is 12.0. The first-order valence-corrected chi connectivity index (χ1v) is 8.03. The zero-order chi connectivity index (χ0) is 17.8. The zero-order valence-electron chi connectivity index (χ0n) is 13.5. The molecule has 1 N–H and O–H groups in total. The highest BCUT2D eigenvalue weighted by molar-refractivity contribution is 6.33. The Hall–Kier alpha value is -2.73. The van der Waals surface area contributed by atoms with Gasteiger partial charge in [0.05, 0.1) is 10.6 Å². The average molecular weight is 362 g/mol. The first kappa shape index (κ1) is 17.1. The van der Waals surface area contributed by atoms with Crippen molar-refractivity contribution in [3.05, 3.63) is 58.6 Å². The number of benzene rings is 2. The number of ether oxygens (including phenoxy) is 3. The summed E-state index contributed by atoms with van der Waals surface area (Å²) in [6.45, 7) is 1.81. The molecule has 0 unspecified atom stereocenters. The fourth-order valence-electron chi connectivity index (χ4n) is 2.29. The van der Waals surface area contributed by atoms with Crippen LogP contribution < -0.4 is 14.8 Å². The van der Waals surface area contributed by atoms with Crippen LogP contribution in [0, 0.1) is 0 Å². The maximum atomic E-state index is 12.1. The minimum atomic E-state index is -0.808. The lowest BCUT2D eigenvalue weighted by molar-refractivity contribution is -0.146. The summed E-state index contributed by atoms with van der Waals surface area (Å²) in [5.41, 5.74) is 1.07. The average Bonchev–Trinajstić information content (AvgIpc) is 3.07. The number of nitrogens with one attached hydrogen (secondary N) is 1. The second-order valence-corrected chi connectivity index (χ2v) is 5.88. The lowest BCUT2D eigenvalue weighted by Crippen LogP contribution is -2.39. The molecular formula is C18H16ClNO5. The monoisotopic (exact) mass is 361 g/mol. The molecule has 7 heteroatoms. The molecule has 0 radical (unpaired) electrons. The predicted molar refractivity (Wildman–Crippen MR) is 90.7 cm³/mol. The minimum absolute atomic E-state index is 0.0712. The summed E-state index contributed by atoms with van der Waals surface area (Å²) in [7, 11) is 0. The van der Waals surface area contributed by atoms with Gasteiger partial charge in [-0.2, -0.15) is 0 Å². The molecule has 1 atom stereocenters. The number of carbonyl (C=O) groups is 2. The fourth-order valence-corrected chi connectivity index (χ4v) is 2.51. The third-order valence-corrected chi connectivity index (χ3v) is 3.97. The molecular weight excluding hydrogens is 346 g/mol. The lowest BCUT2D eigenvalue weighted by atomic mass is 10.2. The van der Waals surface area contributed by atoms with E-state index >= 15 is 0 Å². The van der Waals surface area contributed by atoms with Crippen molar-refractivity contribution >= 4 is 23.5 Å². The van der Waals surface area contributed by atoms with Crippen LogP contribution in [0.3, 0.4) is 0 Å². The second kappa shape index (κ2) is 7.44. The molecule has 3 rings (SSSR count). The topological polar surface area (TPSA) is 73.9 Å². The summed E-state index contributed by atoms with van der Waals surface area (Å²) in [6.07, 6.45) is 0. The molecule has 25 heavy (non-hydrogen) atoms. The normalized spacial score (nSPS) is 13.2. The van der Waals surface area contributed by atoms with E-state index in [0.29, 0.717) is 22.1 Å². The number of rotatable bonds is 5. The molecule has 1 aliphatic heterocycles. The van der Waals surface area contributed by atoms with E-state index < -0.39 is 17.9 Å². The van der Waals surface area contributed by atoms with Crippen molar-refractivity contribution in [3.8, 4) is 11.5 Å². The van der Waals surface area contributed by atoms with Crippen LogP contribution in [0.25, 0.3) is 0 Å². The SMILES string of the molecule is C[C@H](NC(=O)c1ccccc1Cl)C(=O)OCc1ccc2c(c1)OCO2. The maximum Gasteiger partial charge on any atom is 0.328 e. The molecule has 0 bridgehead atoms. The Morgan fingerprint density at radius 3 is 2.76 bits per heavy atom. The quantitative estimate of drug-likeness (QED) is 0.829.